The van der Waals surface area contributed by atoms with Crippen LogP contribution in [0, 0.1) is 0 Å². The largest absolute Gasteiger partial charge is 0.503 e. The number of aromatic nitrogens is 1. The third-order valence-electron chi connectivity index (χ3n) is 6.80. The second kappa shape index (κ2) is 9.92. The van der Waals surface area contributed by atoms with Crippen molar-refractivity contribution < 1.29 is 23.8 Å². The van der Waals surface area contributed by atoms with E-state index in [2.05, 4.69) is 4.98 Å². The van der Waals surface area contributed by atoms with Gasteiger partial charge in [0, 0.05) is 10.4 Å². The maximum Gasteiger partial charge on any atom is 0.296 e. The third kappa shape index (κ3) is 4.43. The van der Waals surface area contributed by atoms with Crippen molar-refractivity contribution in [3.63, 3.8) is 0 Å². The number of hydrogen-bond acceptors (Lipinski definition) is 7. The molecule has 0 saturated carbocycles. The maximum atomic E-state index is 14.0. The molecule has 0 saturated heterocycles. The van der Waals surface area contributed by atoms with Crippen LogP contribution in [-0.4, -0.2) is 21.8 Å². The molecule has 41 heavy (non-hydrogen) atoms. The Morgan fingerprint density at radius 3 is 2.54 bits per heavy atom. The van der Waals surface area contributed by atoms with Gasteiger partial charge in [0.1, 0.15) is 17.1 Å². The van der Waals surface area contributed by atoms with Crippen molar-refractivity contribution in [1.82, 2.24) is 4.98 Å². The summed E-state index contributed by atoms with van der Waals surface area (Å²) in [6, 6.07) is 29.4. The number of anilines is 1. The number of carbonyl (C=O) groups is 2. The average molecular weight is 579 g/mol. The summed E-state index contributed by atoms with van der Waals surface area (Å²) >= 11 is 7.43. The van der Waals surface area contributed by atoms with Gasteiger partial charge in [-0.2, -0.15) is 0 Å². The van der Waals surface area contributed by atoms with E-state index in [4.69, 9.17) is 20.8 Å². The van der Waals surface area contributed by atoms with Crippen molar-refractivity contribution in [1.29, 1.82) is 0 Å². The van der Waals surface area contributed by atoms with Gasteiger partial charge in [0.25, 0.3) is 5.91 Å². The number of para-hydroxylation sites is 2. The number of halogens is 1. The summed E-state index contributed by atoms with van der Waals surface area (Å²) in [6.45, 7) is 0. The number of furan rings is 1. The van der Waals surface area contributed by atoms with Crippen LogP contribution in [0.15, 0.2) is 119 Å². The quantitative estimate of drug-likeness (QED) is 0.200. The zero-order chi connectivity index (χ0) is 28.1. The van der Waals surface area contributed by atoms with E-state index in [1.165, 1.54) is 16.2 Å². The molecule has 0 bridgehead atoms. The van der Waals surface area contributed by atoms with E-state index in [0.29, 0.717) is 38.3 Å². The molecule has 0 spiro atoms. The molecule has 1 unspecified atom stereocenters. The smallest absolute Gasteiger partial charge is 0.296 e. The van der Waals surface area contributed by atoms with E-state index in [1.54, 1.807) is 60.7 Å². The molecule has 1 atom stereocenters. The van der Waals surface area contributed by atoms with Gasteiger partial charge >= 0.3 is 0 Å². The molecular formula is C32H19ClN2O5S. The van der Waals surface area contributed by atoms with Crippen LogP contribution in [0.3, 0.4) is 0 Å². The van der Waals surface area contributed by atoms with Crippen LogP contribution in [0.1, 0.15) is 22.2 Å². The summed E-state index contributed by atoms with van der Waals surface area (Å²) in [7, 11) is 0. The summed E-state index contributed by atoms with van der Waals surface area (Å²) < 4.78 is 12.6. The fourth-order valence-corrected chi connectivity index (χ4v) is 6.21. The van der Waals surface area contributed by atoms with Gasteiger partial charge in [-0.15, -0.1) is 0 Å². The number of amides is 1. The lowest BCUT2D eigenvalue weighted by Crippen LogP contribution is -2.31. The summed E-state index contributed by atoms with van der Waals surface area (Å²) in [5.41, 5.74) is 1.60. The van der Waals surface area contributed by atoms with E-state index in [1.807, 2.05) is 42.5 Å². The fraction of sp³-hybridized carbons (Fsp3) is 0.0312. The Labute approximate surface area is 242 Å². The molecule has 7 nitrogen and oxygen atoms in total. The van der Waals surface area contributed by atoms with Crippen LogP contribution in [0.25, 0.3) is 21.2 Å². The van der Waals surface area contributed by atoms with Gasteiger partial charge in [-0.3, -0.25) is 14.5 Å². The number of nitrogens with zero attached hydrogens (tertiary/aromatic N) is 2. The molecule has 200 valence electrons. The van der Waals surface area contributed by atoms with Crippen LogP contribution in [0.4, 0.5) is 5.13 Å². The Morgan fingerprint density at radius 1 is 0.927 bits per heavy atom. The number of ketones is 1. The zero-order valence-corrected chi connectivity index (χ0v) is 22.7. The lowest BCUT2D eigenvalue weighted by atomic mass is 9.95. The Hall–Kier alpha value is -4.92. The van der Waals surface area contributed by atoms with Gasteiger partial charge in [0.05, 0.1) is 21.8 Å². The molecule has 3 heterocycles. The zero-order valence-electron chi connectivity index (χ0n) is 21.2. The molecule has 1 aliphatic heterocycles. The van der Waals surface area contributed by atoms with E-state index in [9.17, 15) is 14.7 Å². The monoisotopic (exact) mass is 578 g/mol. The predicted octanol–water partition coefficient (Wildman–Crippen LogP) is 8.27. The van der Waals surface area contributed by atoms with Gasteiger partial charge < -0.3 is 14.3 Å². The number of rotatable bonds is 6. The first kappa shape index (κ1) is 25.1. The molecule has 0 aliphatic carbocycles. The molecule has 9 heteroatoms. The minimum Gasteiger partial charge on any atom is -0.503 e. The van der Waals surface area contributed by atoms with Crippen LogP contribution in [0.2, 0.25) is 5.02 Å². The highest BCUT2D eigenvalue weighted by molar-refractivity contribution is 7.22. The molecule has 0 fully saturated rings. The molecule has 1 N–H and O–H groups in total. The molecule has 1 amide bonds. The first-order valence-corrected chi connectivity index (χ1v) is 13.8. The van der Waals surface area contributed by atoms with Crippen molar-refractivity contribution in [2.45, 2.75) is 6.04 Å². The molecule has 6 aromatic rings. The Morgan fingerprint density at radius 2 is 1.71 bits per heavy atom. The number of ether oxygens (including phenoxy) is 1. The van der Waals surface area contributed by atoms with Gasteiger partial charge in [0.15, 0.2) is 16.7 Å². The Balaban J connectivity index is 1.36. The SMILES string of the molecule is O=C(C1=C(O)C(=O)N(c2nc3ccc(Cl)cc3s2)C1c1cccc(Oc2ccccc2)c1)c1cc2ccccc2o1. The Bertz CT molecular complexity index is 1980. The van der Waals surface area contributed by atoms with Crippen LogP contribution >= 0.6 is 22.9 Å². The summed E-state index contributed by atoms with van der Waals surface area (Å²) in [5.74, 6) is -0.859. The lowest BCUT2D eigenvalue weighted by Gasteiger charge is -2.24. The van der Waals surface area contributed by atoms with E-state index in [0.717, 1.165) is 10.1 Å². The van der Waals surface area contributed by atoms with Crippen LogP contribution in [-0.2, 0) is 4.79 Å². The number of benzene rings is 4. The minimum absolute atomic E-state index is 0.0140. The highest BCUT2D eigenvalue weighted by Crippen LogP contribution is 2.45. The highest BCUT2D eigenvalue weighted by atomic mass is 35.5. The number of aliphatic hydroxyl groups is 1. The summed E-state index contributed by atoms with van der Waals surface area (Å²) in [4.78, 5) is 33.6. The first-order chi connectivity index (χ1) is 20.0. The molecule has 1 aliphatic rings. The molecule has 7 rings (SSSR count). The van der Waals surface area contributed by atoms with E-state index >= 15 is 0 Å². The number of hydrogen-bond donors (Lipinski definition) is 1. The van der Waals surface area contributed by atoms with Crippen molar-refractivity contribution in [3.05, 3.63) is 131 Å². The Kier molecular flexibility index (Phi) is 6.07. The second-order valence-electron chi connectivity index (χ2n) is 9.41. The summed E-state index contributed by atoms with van der Waals surface area (Å²) in [5, 5.41) is 12.8. The van der Waals surface area contributed by atoms with Crippen molar-refractivity contribution in [3.8, 4) is 11.5 Å². The number of aliphatic hydroxyl groups excluding tert-OH is 1. The van der Waals surface area contributed by atoms with E-state index in [-0.39, 0.29) is 11.3 Å². The van der Waals surface area contributed by atoms with Gasteiger partial charge in [-0.25, -0.2) is 4.98 Å². The minimum atomic E-state index is -1.00. The maximum absolute atomic E-state index is 14.0. The molecular weight excluding hydrogens is 560 g/mol. The predicted molar refractivity (Wildman–Crippen MR) is 158 cm³/mol. The van der Waals surface area contributed by atoms with Crippen molar-refractivity contribution in [2.24, 2.45) is 0 Å². The number of fused-ring (bicyclic) bond motifs is 2. The van der Waals surface area contributed by atoms with E-state index < -0.39 is 23.5 Å². The van der Waals surface area contributed by atoms with Crippen molar-refractivity contribution >= 4 is 60.9 Å². The van der Waals surface area contributed by atoms with Gasteiger partial charge in [-0.05, 0) is 60.2 Å². The highest BCUT2D eigenvalue weighted by Gasteiger charge is 2.46. The molecule has 2 aromatic heterocycles. The van der Waals surface area contributed by atoms with Crippen LogP contribution < -0.4 is 9.64 Å². The molecule has 0 radical (unpaired) electrons. The molecule has 4 aromatic carbocycles. The lowest BCUT2D eigenvalue weighted by molar-refractivity contribution is -0.117. The van der Waals surface area contributed by atoms with Gasteiger partial charge in [-0.1, -0.05) is 71.5 Å². The number of Topliss-reactive ketones (excluding diaryl/α,β-unsaturated/α-hetero) is 1. The summed E-state index contributed by atoms with van der Waals surface area (Å²) in [6.07, 6.45) is 0. The number of thiazole rings is 1. The van der Waals surface area contributed by atoms with Crippen molar-refractivity contribution in [2.75, 3.05) is 4.90 Å². The standard InChI is InChI=1S/C32H19ClN2O5S/c33-20-13-14-23-26(17-20)41-32(34-23)35-28(19-8-6-11-22(15-19)39-21-9-2-1-3-10-21)27(30(37)31(35)38)29(36)25-16-18-7-4-5-12-24(18)40-25/h1-17,28,37H. The average Bonchev–Trinajstić information content (AvgIpc) is 3.67. The topological polar surface area (TPSA) is 92.9 Å². The number of carbonyl (C=O) groups excluding carboxylic acids is 2. The van der Waals surface area contributed by atoms with Gasteiger partial charge in [0.2, 0.25) is 5.78 Å². The third-order valence-corrected chi connectivity index (χ3v) is 8.05. The fourth-order valence-electron chi connectivity index (χ4n) is 4.94. The van der Waals surface area contributed by atoms with Crippen LogP contribution in [0.5, 0.6) is 11.5 Å². The normalized spacial score (nSPS) is 15.3. The second-order valence-corrected chi connectivity index (χ2v) is 10.9. The first-order valence-electron chi connectivity index (χ1n) is 12.7.